The zero-order valence-corrected chi connectivity index (χ0v) is 6.67. The molecule has 1 aliphatic rings. The molecule has 1 atom stereocenters. The topological polar surface area (TPSA) is 46.5 Å². The minimum atomic E-state index is -0.841. The van der Waals surface area contributed by atoms with Crippen molar-refractivity contribution in [2.24, 2.45) is 0 Å². The van der Waals surface area contributed by atoms with E-state index < -0.39 is 12.1 Å². The second-order valence-corrected chi connectivity index (χ2v) is 1.49. The van der Waals surface area contributed by atoms with Crippen LogP contribution >= 0.6 is 0 Å². The molecule has 0 radical (unpaired) electrons. The van der Waals surface area contributed by atoms with E-state index in [0.29, 0.717) is 13.0 Å². The Hall–Kier alpha value is 0.690. The molecular weight excluding hydrogens is 136 g/mol. The Morgan fingerprint density at radius 1 is 1.88 bits per heavy atom. The average Bonchev–Trinajstić information content (AvgIpc) is 1.23. The number of rotatable bonds is 1. The largest absolute Gasteiger partial charge is 2.00 e. The van der Waals surface area contributed by atoms with Crippen LogP contribution in [0.25, 0.3) is 0 Å². The third kappa shape index (κ3) is 1.90. The molecule has 0 saturated carbocycles. The number of aliphatic carboxylic acids is 1. The van der Waals surface area contributed by atoms with Gasteiger partial charge < -0.3 is 12.7 Å². The maximum atomic E-state index is 9.86. The van der Waals surface area contributed by atoms with Gasteiger partial charge in [-0.05, 0) is 0 Å². The summed E-state index contributed by atoms with van der Waals surface area (Å²) in [7, 11) is 0. The van der Waals surface area contributed by atoms with Crippen molar-refractivity contribution < 1.29 is 17.5 Å². The number of carboxylic acids is 1. The van der Waals surface area contributed by atoms with Crippen LogP contribution in [0.1, 0.15) is 9.27 Å². The van der Waals surface area contributed by atoms with E-state index in [0.717, 1.165) is 0 Å². The Balaban J connectivity index is -0.000000163. The first-order chi connectivity index (χ1) is 3.30. The van der Waals surface area contributed by atoms with E-state index in [9.17, 15) is 4.79 Å². The van der Waals surface area contributed by atoms with Gasteiger partial charge in [0.25, 0.3) is 0 Å². The van der Waals surface area contributed by atoms with Crippen LogP contribution in [-0.4, -0.2) is 61.5 Å². The van der Waals surface area contributed by atoms with E-state index in [1.165, 1.54) is 0 Å². The first kappa shape index (κ1) is 8.69. The van der Waals surface area contributed by atoms with E-state index in [1.807, 2.05) is 0 Å². The number of hydrogen-bond acceptors (Lipinski definition) is 2. The zero-order chi connectivity index (χ0) is 5.28. The molecular formula is C4H8CaO3. The van der Waals surface area contributed by atoms with Gasteiger partial charge in [0, 0.05) is 6.42 Å². The molecule has 1 fully saturated rings. The van der Waals surface area contributed by atoms with Gasteiger partial charge in [-0.3, -0.25) is 0 Å². The molecule has 0 aromatic heterocycles. The molecule has 1 aliphatic heterocycles. The molecule has 0 amide bonds. The van der Waals surface area contributed by atoms with Crippen LogP contribution in [0.2, 0.25) is 0 Å². The molecule has 0 aliphatic carbocycles. The maximum Gasteiger partial charge on any atom is 2.00 e. The molecule has 0 spiro atoms. The van der Waals surface area contributed by atoms with Crippen LogP contribution < -0.4 is 0 Å². The van der Waals surface area contributed by atoms with Gasteiger partial charge in [0.05, 0.1) is 6.61 Å². The Labute approximate surface area is 80.0 Å². The predicted molar refractivity (Wildman–Crippen MR) is 30.0 cm³/mol. The van der Waals surface area contributed by atoms with Crippen molar-refractivity contribution in [3.63, 3.8) is 0 Å². The van der Waals surface area contributed by atoms with Gasteiger partial charge in [-0.2, -0.15) is 0 Å². The van der Waals surface area contributed by atoms with Crippen LogP contribution in [0.15, 0.2) is 0 Å². The average molecular weight is 144 g/mol. The van der Waals surface area contributed by atoms with Crippen molar-refractivity contribution in [3.05, 3.63) is 0 Å². The van der Waals surface area contributed by atoms with Crippen molar-refractivity contribution in [1.29, 1.82) is 0 Å². The fourth-order valence-electron chi connectivity index (χ4n) is 0.430. The molecule has 44 valence electrons. The monoisotopic (exact) mass is 144 g/mol. The molecule has 0 aromatic carbocycles. The Morgan fingerprint density at radius 2 is 2.38 bits per heavy atom. The van der Waals surface area contributed by atoms with Crippen molar-refractivity contribution in [2.45, 2.75) is 12.5 Å². The van der Waals surface area contributed by atoms with E-state index in [1.54, 1.807) is 0 Å². The smallest absolute Gasteiger partial charge is 1.00 e. The quantitative estimate of drug-likeness (QED) is 0.514. The van der Waals surface area contributed by atoms with Gasteiger partial charge in [-0.1, -0.05) is 0 Å². The van der Waals surface area contributed by atoms with Crippen LogP contribution in [-0.2, 0) is 9.53 Å². The van der Waals surface area contributed by atoms with Crippen LogP contribution in [0.4, 0.5) is 0 Å². The van der Waals surface area contributed by atoms with Gasteiger partial charge in [-0.15, -0.1) is 0 Å². The number of carboxylic acid groups (broad SMARTS) is 1. The Bertz CT molecular complexity index is 96.5. The van der Waals surface area contributed by atoms with Crippen LogP contribution in [0.3, 0.4) is 0 Å². The summed E-state index contributed by atoms with van der Waals surface area (Å²) in [5.41, 5.74) is 0. The molecule has 0 aromatic rings. The minimum absolute atomic E-state index is 0. The Kier molecular flexibility index (Phi) is 3.98. The van der Waals surface area contributed by atoms with Gasteiger partial charge >= 0.3 is 43.7 Å². The van der Waals surface area contributed by atoms with Gasteiger partial charge in [-0.25, -0.2) is 4.79 Å². The van der Waals surface area contributed by atoms with Gasteiger partial charge in [0.15, 0.2) is 6.10 Å². The second kappa shape index (κ2) is 3.67. The summed E-state index contributed by atoms with van der Waals surface area (Å²) in [5.74, 6) is -0.841. The standard InChI is InChI=1S/C4H6O3.Ca.2H/c5-4(6)3-1-2-7-3;;;/h3H,1-2H2,(H,5,6);;;/q;+2;2*-1. The molecule has 1 saturated heterocycles. The summed E-state index contributed by atoms with van der Waals surface area (Å²) in [6.45, 7) is 0.608. The molecule has 1 heterocycles. The molecule has 1 rings (SSSR count). The van der Waals surface area contributed by atoms with E-state index in [-0.39, 0.29) is 40.6 Å². The maximum absolute atomic E-state index is 9.86. The van der Waals surface area contributed by atoms with Gasteiger partial charge in [0.1, 0.15) is 0 Å². The zero-order valence-electron chi connectivity index (χ0n) is 6.46. The summed E-state index contributed by atoms with van der Waals surface area (Å²) in [4.78, 5) is 9.86. The van der Waals surface area contributed by atoms with Crippen molar-refractivity contribution in [2.75, 3.05) is 6.61 Å². The van der Waals surface area contributed by atoms with Crippen LogP contribution in [0, 0.1) is 0 Å². The second-order valence-electron chi connectivity index (χ2n) is 1.49. The fourth-order valence-corrected chi connectivity index (χ4v) is 0.430. The molecule has 3 nitrogen and oxygen atoms in total. The van der Waals surface area contributed by atoms with E-state index in [2.05, 4.69) is 4.74 Å². The van der Waals surface area contributed by atoms with Crippen molar-refractivity contribution in [1.82, 2.24) is 0 Å². The number of ether oxygens (including phenoxy) is 1. The van der Waals surface area contributed by atoms with Crippen LogP contribution in [0.5, 0.6) is 0 Å². The van der Waals surface area contributed by atoms with Crippen molar-refractivity contribution in [3.8, 4) is 0 Å². The third-order valence-corrected chi connectivity index (χ3v) is 0.975. The third-order valence-electron chi connectivity index (χ3n) is 0.975. The molecule has 4 heteroatoms. The molecule has 1 unspecified atom stereocenters. The van der Waals surface area contributed by atoms with E-state index in [4.69, 9.17) is 5.11 Å². The Morgan fingerprint density at radius 3 is 2.38 bits per heavy atom. The summed E-state index contributed by atoms with van der Waals surface area (Å²) >= 11 is 0. The summed E-state index contributed by atoms with van der Waals surface area (Å²) in [6.07, 6.45) is 0.176. The summed E-state index contributed by atoms with van der Waals surface area (Å²) < 4.78 is 4.59. The predicted octanol–water partition coefficient (Wildman–Crippen LogP) is -0.296. The fraction of sp³-hybridized carbons (Fsp3) is 0.750. The minimum Gasteiger partial charge on any atom is -1.00 e. The first-order valence-corrected chi connectivity index (χ1v) is 2.15. The normalized spacial score (nSPS) is 25.2. The molecule has 0 bridgehead atoms. The molecule has 1 N–H and O–H groups in total. The molecule has 8 heavy (non-hydrogen) atoms. The first-order valence-electron chi connectivity index (χ1n) is 2.15. The SMILES string of the molecule is O=C(O)C1CCO1.[Ca+2].[H-].[H-]. The summed E-state index contributed by atoms with van der Waals surface area (Å²) in [6, 6.07) is 0. The summed E-state index contributed by atoms with van der Waals surface area (Å²) in [5, 5.41) is 8.11. The number of hydrogen-bond donors (Lipinski definition) is 1. The number of carbonyl (C=O) groups is 1. The van der Waals surface area contributed by atoms with Gasteiger partial charge in [0.2, 0.25) is 0 Å². The van der Waals surface area contributed by atoms with E-state index >= 15 is 0 Å². The van der Waals surface area contributed by atoms with Crippen molar-refractivity contribution >= 4 is 43.7 Å².